The highest BCUT2D eigenvalue weighted by atomic mass is 15.1. The first-order valence-corrected chi connectivity index (χ1v) is 7.24. The molecule has 0 spiro atoms. The maximum Gasteiger partial charge on any atom is 0.287 e. The van der Waals surface area contributed by atoms with Gasteiger partial charge < -0.3 is 0 Å². The minimum Gasteiger partial charge on any atom is -0.253 e. The van der Waals surface area contributed by atoms with Crippen LogP contribution in [0.1, 0.15) is 39.1 Å². The van der Waals surface area contributed by atoms with Crippen LogP contribution in [0.2, 0.25) is 0 Å². The Hall–Kier alpha value is -1.90. The van der Waals surface area contributed by atoms with Crippen LogP contribution in [0.3, 0.4) is 0 Å². The molecule has 0 bridgehead atoms. The largest absolute Gasteiger partial charge is 0.287 e. The fraction of sp³-hybridized carbons (Fsp3) is 0.412. The smallest absolute Gasteiger partial charge is 0.253 e. The lowest BCUT2D eigenvalue weighted by Crippen LogP contribution is -2.32. The van der Waals surface area contributed by atoms with E-state index in [1.807, 2.05) is 0 Å². The number of aryl methyl sites for hydroxylation is 2. The van der Waals surface area contributed by atoms with Crippen molar-refractivity contribution in [2.45, 2.75) is 46.6 Å². The van der Waals surface area contributed by atoms with Gasteiger partial charge in [-0.1, -0.05) is 26.8 Å². The number of hydrogen-bond acceptors (Lipinski definition) is 1. The Balaban J connectivity index is 2.51. The highest BCUT2D eigenvalue weighted by molar-refractivity contribution is 5.78. The normalized spacial score (nSPS) is 12.4. The Morgan fingerprint density at radius 2 is 2.00 bits per heavy atom. The quantitative estimate of drug-likeness (QED) is 0.620. The van der Waals surface area contributed by atoms with Gasteiger partial charge in [0.05, 0.1) is 24.1 Å². The minimum absolute atomic E-state index is 0.0644. The molecule has 0 radical (unpaired) electrons. The molecule has 0 aliphatic carbocycles. The Bertz CT molecular complexity index is 791. The molecule has 0 saturated carbocycles. The molecule has 3 heterocycles. The maximum atomic E-state index is 4.84. The molecule has 0 aliphatic heterocycles. The van der Waals surface area contributed by atoms with E-state index in [2.05, 4.69) is 74.0 Å². The lowest BCUT2D eigenvalue weighted by Gasteiger charge is -2.17. The molecule has 0 amide bonds. The third-order valence-electron chi connectivity index (χ3n) is 3.88. The zero-order valence-electron chi connectivity index (χ0n) is 12.9. The van der Waals surface area contributed by atoms with Gasteiger partial charge in [-0.15, -0.1) is 0 Å². The summed E-state index contributed by atoms with van der Waals surface area (Å²) < 4.78 is 4.60. The van der Waals surface area contributed by atoms with Crippen LogP contribution in [-0.4, -0.2) is 9.38 Å². The second kappa shape index (κ2) is 4.30. The number of rotatable bonds is 1. The molecule has 0 atom stereocenters. The van der Waals surface area contributed by atoms with Gasteiger partial charge >= 0.3 is 0 Å². The molecule has 0 unspecified atom stereocenters. The lowest BCUT2D eigenvalue weighted by molar-refractivity contribution is -0.642. The van der Waals surface area contributed by atoms with E-state index >= 15 is 0 Å². The monoisotopic (exact) mass is 268 g/mol. The number of fused-ring (bicyclic) bond motifs is 3. The summed E-state index contributed by atoms with van der Waals surface area (Å²) in [6.45, 7) is 11.9. The molecular formula is C17H22N3+. The van der Waals surface area contributed by atoms with Crippen LogP contribution in [0.15, 0.2) is 30.5 Å². The van der Waals surface area contributed by atoms with Crippen molar-refractivity contribution in [3.05, 3.63) is 41.9 Å². The summed E-state index contributed by atoms with van der Waals surface area (Å²) in [7, 11) is 0. The van der Waals surface area contributed by atoms with E-state index in [9.17, 15) is 0 Å². The summed E-state index contributed by atoms with van der Waals surface area (Å²) in [5.41, 5.74) is 6.04. The zero-order valence-corrected chi connectivity index (χ0v) is 12.9. The average Bonchev–Trinajstić information content (AvgIpc) is 2.72. The van der Waals surface area contributed by atoms with Crippen molar-refractivity contribution in [1.82, 2.24) is 9.38 Å². The molecule has 3 aromatic heterocycles. The third-order valence-corrected chi connectivity index (χ3v) is 3.88. The molecule has 3 aromatic rings. The Morgan fingerprint density at radius 1 is 1.25 bits per heavy atom. The van der Waals surface area contributed by atoms with Crippen molar-refractivity contribution in [2.75, 3.05) is 0 Å². The predicted octanol–water partition coefficient (Wildman–Crippen LogP) is 3.40. The van der Waals surface area contributed by atoms with Crippen LogP contribution in [0, 0.1) is 6.92 Å². The maximum absolute atomic E-state index is 4.84. The predicted molar refractivity (Wildman–Crippen MR) is 82.0 cm³/mol. The first-order chi connectivity index (χ1) is 9.43. The molecule has 0 N–H and O–H groups in total. The molecule has 0 aliphatic rings. The van der Waals surface area contributed by atoms with Gasteiger partial charge in [-0.2, -0.15) is 4.40 Å². The van der Waals surface area contributed by atoms with Crippen molar-refractivity contribution in [2.24, 2.45) is 0 Å². The SMILES string of the molecule is CC[n+]1c2c(C)nc(C(C)(C)C)cc2n2ccccc21. The third kappa shape index (κ3) is 1.80. The molecular weight excluding hydrogens is 246 g/mol. The summed E-state index contributed by atoms with van der Waals surface area (Å²) in [6.07, 6.45) is 2.13. The second-order valence-electron chi connectivity index (χ2n) is 6.38. The first-order valence-electron chi connectivity index (χ1n) is 7.24. The van der Waals surface area contributed by atoms with Gasteiger partial charge in [0, 0.05) is 17.5 Å². The van der Waals surface area contributed by atoms with Crippen molar-refractivity contribution >= 4 is 16.7 Å². The van der Waals surface area contributed by atoms with Gasteiger partial charge in [-0.3, -0.25) is 4.98 Å². The van der Waals surface area contributed by atoms with Gasteiger partial charge in [0.15, 0.2) is 11.0 Å². The van der Waals surface area contributed by atoms with Crippen LogP contribution in [0.5, 0.6) is 0 Å². The van der Waals surface area contributed by atoms with E-state index in [0.29, 0.717) is 0 Å². The van der Waals surface area contributed by atoms with Crippen molar-refractivity contribution < 1.29 is 4.57 Å². The number of nitrogens with zero attached hydrogens (tertiary/aromatic N) is 3. The highest BCUT2D eigenvalue weighted by Crippen LogP contribution is 2.25. The lowest BCUT2D eigenvalue weighted by atomic mass is 9.91. The Morgan fingerprint density at radius 3 is 2.65 bits per heavy atom. The molecule has 20 heavy (non-hydrogen) atoms. The van der Waals surface area contributed by atoms with Gasteiger partial charge in [0.1, 0.15) is 0 Å². The van der Waals surface area contributed by atoms with Crippen LogP contribution in [0.25, 0.3) is 16.7 Å². The number of hydrogen-bond donors (Lipinski definition) is 0. The van der Waals surface area contributed by atoms with Gasteiger partial charge in [-0.05, 0) is 19.9 Å². The fourth-order valence-electron chi connectivity index (χ4n) is 2.84. The molecule has 3 nitrogen and oxygen atoms in total. The summed E-state index contributed by atoms with van der Waals surface area (Å²) in [6, 6.07) is 8.58. The molecule has 3 rings (SSSR count). The number of aromatic nitrogens is 3. The summed E-state index contributed by atoms with van der Waals surface area (Å²) in [4.78, 5) is 4.84. The van der Waals surface area contributed by atoms with E-state index < -0.39 is 0 Å². The topological polar surface area (TPSA) is 21.2 Å². The van der Waals surface area contributed by atoms with Crippen LogP contribution >= 0.6 is 0 Å². The molecule has 0 saturated heterocycles. The standard InChI is InChI=1S/C17H22N3/c1-6-19-15-9-7-8-10-20(15)13-11-14(17(3,4)5)18-12(2)16(13)19/h7-11H,6H2,1-5H3/q+1. The van der Waals surface area contributed by atoms with Gasteiger partial charge in [0.2, 0.25) is 0 Å². The molecule has 104 valence electrons. The Kier molecular flexibility index (Phi) is 2.82. The van der Waals surface area contributed by atoms with Crippen molar-refractivity contribution in [1.29, 1.82) is 0 Å². The average molecular weight is 268 g/mol. The summed E-state index contributed by atoms with van der Waals surface area (Å²) >= 11 is 0. The number of pyridine rings is 2. The zero-order chi connectivity index (χ0) is 14.5. The van der Waals surface area contributed by atoms with E-state index in [4.69, 9.17) is 4.98 Å². The van der Waals surface area contributed by atoms with Crippen LogP contribution < -0.4 is 4.57 Å². The van der Waals surface area contributed by atoms with Crippen LogP contribution in [0.4, 0.5) is 0 Å². The first kappa shape index (κ1) is 13.1. The van der Waals surface area contributed by atoms with Crippen LogP contribution in [-0.2, 0) is 12.0 Å². The van der Waals surface area contributed by atoms with E-state index in [1.165, 1.54) is 16.7 Å². The van der Waals surface area contributed by atoms with Crippen molar-refractivity contribution in [3.8, 4) is 0 Å². The van der Waals surface area contributed by atoms with E-state index in [1.54, 1.807) is 0 Å². The summed E-state index contributed by atoms with van der Waals surface area (Å²) in [5.74, 6) is 0. The van der Waals surface area contributed by atoms with Gasteiger partial charge in [-0.25, -0.2) is 4.57 Å². The van der Waals surface area contributed by atoms with Gasteiger partial charge in [0.25, 0.3) is 5.65 Å². The fourth-order valence-corrected chi connectivity index (χ4v) is 2.84. The molecule has 0 aromatic carbocycles. The summed E-state index contributed by atoms with van der Waals surface area (Å²) in [5, 5.41) is 0. The minimum atomic E-state index is 0.0644. The molecule has 0 fully saturated rings. The van der Waals surface area contributed by atoms with Crippen molar-refractivity contribution in [3.63, 3.8) is 0 Å². The number of imidazole rings is 1. The van der Waals surface area contributed by atoms with E-state index in [0.717, 1.165) is 17.9 Å². The second-order valence-corrected chi connectivity index (χ2v) is 6.38. The highest BCUT2D eigenvalue weighted by Gasteiger charge is 2.24. The Labute approximate surface area is 119 Å². The van der Waals surface area contributed by atoms with E-state index in [-0.39, 0.29) is 5.41 Å². The molecule has 3 heteroatoms.